The van der Waals surface area contributed by atoms with E-state index in [4.69, 9.17) is 16.9 Å². The van der Waals surface area contributed by atoms with Gasteiger partial charge in [-0.25, -0.2) is 9.97 Å². The van der Waals surface area contributed by atoms with E-state index in [0.29, 0.717) is 31.7 Å². The maximum absolute atomic E-state index is 11.8. The summed E-state index contributed by atoms with van der Waals surface area (Å²) in [5.41, 5.74) is 6.88. The maximum atomic E-state index is 11.8. The van der Waals surface area contributed by atoms with Crippen LogP contribution in [0.4, 0.5) is 17.3 Å². The van der Waals surface area contributed by atoms with Crippen LogP contribution in [-0.4, -0.2) is 41.7 Å². The molecule has 0 bridgehead atoms. The van der Waals surface area contributed by atoms with E-state index in [0.717, 1.165) is 17.1 Å². The number of rotatable bonds is 4. The van der Waals surface area contributed by atoms with E-state index >= 15 is 0 Å². The molecule has 0 unspecified atom stereocenters. The minimum Gasteiger partial charge on any atom is -0.468 e. The maximum Gasteiger partial charge on any atom is 0.325 e. The number of aromatic nitrogens is 2. The topological polar surface area (TPSA) is 93.4 Å². The van der Waals surface area contributed by atoms with Gasteiger partial charge in [-0.3, -0.25) is 4.79 Å². The number of nitrogens with one attached hydrogen (secondary N) is 1. The number of terminal acetylenes is 1. The second kappa shape index (κ2) is 7.42. The van der Waals surface area contributed by atoms with Gasteiger partial charge in [-0.1, -0.05) is 12.0 Å². The molecule has 2 aromatic rings. The zero-order valence-corrected chi connectivity index (χ0v) is 14.6. The van der Waals surface area contributed by atoms with Crippen molar-refractivity contribution in [3.8, 4) is 12.3 Å². The first kappa shape index (κ1) is 17.7. The Morgan fingerprint density at radius 2 is 2.12 bits per heavy atom. The van der Waals surface area contributed by atoms with Crippen LogP contribution in [0.5, 0.6) is 0 Å². The molecule has 1 aliphatic rings. The zero-order valence-electron chi connectivity index (χ0n) is 14.6. The number of anilines is 3. The molecule has 1 aromatic heterocycles. The molecule has 1 aromatic carbocycles. The molecule has 0 radical (unpaired) electrons. The van der Waals surface area contributed by atoms with Crippen LogP contribution in [0.25, 0.3) is 0 Å². The third kappa shape index (κ3) is 3.76. The lowest BCUT2D eigenvalue weighted by molar-refractivity contribution is -0.147. The molecule has 0 atom stereocenters. The molecule has 7 nitrogen and oxygen atoms in total. The average molecular weight is 351 g/mol. The smallest absolute Gasteiger partial charge is 0.325 e. The standard InChI is InChI=1S/C19H21N5O2/c1-3-14-5-4-6-15(11-14)23-16-12-17(22-13-21-16)24-9-7-19(20,8-10-24)18(25)26-2/h1,4-6,11-13H,7-10,20H2,2H3,(H,21,22,23). The van der Waals surface area contributed by atoms with Crippen molar-refractivity contribution in [2.45, 2.75) is 18.4 Å². The highest BCUT2D eigenvalue weighted by molar-refractivity contribution is 5.81. The van der Waals surface area contributed by atoms with E-state index in [-0.39, 0.29) is 5.97 Å². The third-order valence-corrected chi connectivity index (χ3v) is 4.53. The lowest BCUT2D eigenvalue weighted by Crippen LogP contribution is -2.56. The molecule has 0 spiro atoms. The second-order valence-electron chi connectivity index (χ2n) is 6.25. The highest BCUT2D eigenvalue weighted by atomic mass is 16.5. The number of carbonyl (C=O) groups excluding carboxylic acids is 1. The van der Waals surface area contributed by atoms with E-state index in [1.165, 1.54) is 13.4 Å². The summed E-state index contributed by atoms with van der Waals surface area (Å²) >= 11 is 0. The van der Waals surface area contributed by atoms with Gasteiger partial charge in [0.15, 0.2) is 0 Å². The Hall–Kier alpha value is -3.11. The van der Waals surface area contributed by atoms with Gasteiger partial charge in [0.25, 0.3) is 0 Å². The molecule has 1 fully saturated rings. The number of methoxy groups -OCH3 is 1. The summed E-state index contributed by atoms with van der Waals surface area (Å²) in [4.78, 5) is 22.5. The Morgan fingerprint density at radius 3 is 2.81 bits per heavy atom. The Morgan fingerprint density at radius 1 is 1.35 bits per heavy atom. The third-order valence-electron chi connectivity index (χ3n) is 4.53. The van der Waals surface area contributed by atoms with Crippen LogP contribution in [0.2, 0.25) is 0 Å². The predicted octanol–water partition coefficient (Wildman–Crippen LogP) is 1.67. The molecule has 26 heavy (non-hydrogen) atoms. The fourth-order valence-electron chi connectivity index (χ4n) is 2.97. The van der Waals surface area contributed by atoms with Crippen LogP contribution in [-0.2, 0) is 9.53 Å². The van der Waals surface area contributed by atoms with Crippen LogP contribution in [0, 0.1) is 12.3 Å². The molecule has 1 aliphatic heterocycles. The minimum absolute atomic E-state index is 0.365. The van der Waals surface area contributed by atoms with Crippen molar-refractivity contribution in [3.63, 3.8) is 0 Å². The summed E-state index contributed by atoms with van der Waals surface area (Å²) in [6.07, 6.45) is 7.96. The number of ether oxygens (including phenoxy) is 1. The Labute approximate surface area is 152 Å². The van der Waals surface area contributed by atoms with Gasteiger partial charge in [0.1, 0.15) is 23.5 Å². The highest BCUT2D eigenvalue weighted by Gasteiger charge is 2.39. The fourth-order valence-corrected chi connectivity index (χ4v) is 2.97. The second-order valence-corrected chi connectivity index (χ2v) is 6.25. The first-order valence-electron chi connectivity index (χ1n) is 8.32. The van der Waals surface area contributed by atoms with Crippen molar-refractivity contribution in [2.24, 2.45) is 5.73 Å². The molecule has 7 heteroatoms. The molecule has 0 amide bonds. The monoisotopic (exact) mass is 351 g/mol. The number of esters is 1. The van der Waals surface area contributed by atoms with Gasteiger partial charge in [0.2, 0.25) is 0 Å². The summed E-state index contributed by atoms with van der Waals surface area (Å²) in [7, 11) is 1.36. The quantitative estimate of drug-likeness (QED) is 0.639. The van der Waals surface area contributed by atoms with Gasteiger partial charge in [0.05, 0.1) is 7.11 Å². The lowest BCUT2D eigenvalue weighted by atomic mass is 9.89. The Balaban J connectivity index is 1.70. The lowest BCUT2D eigenvalue weighted by Gasteiger charge is -2.37. The largest absolute Gasteiger partial charge is 0.468 e. The number of benzene rings is 1. The summed E-state index contributed by atoms with van der Waals surface area (Å²) in [6.45, 7) is 1.24. The van der Waals surface area contributed by atoms with Crippen LogP contribution >= 0.6 is 0 Å². The number of carbonyl (C=O) groups is 1. The number of nitrogens with zero attached hydrogens (tertiary/aromatic N) is 3. The summed E-state index contributed by atoms with van der Waals surface area (Å²) in [5, 5.41) is 3.23. The summed E-state index contributed by atoms with van der Waals surface area (Å²) in [5.74, 6) is 3.69. The van der Waals surface area contributed by atoms with E-state index in [1.807, 2.05) is 30.3 Å². The number of hydrogen-bond acceptors (Lipinski definition) is 7. The highest BCUT2D eigenvalue weighted by Crippen LogP contribution is 2.26. The van der Waals surface area contributed by atoms with Crippen molar-refractivity contribution < 1.29 is 9.53 Å². The molecular formula is C19H21N5O2. The van der Waals surface area contributed by atoms with Crippen molar-refractivity contribution in [1.82, 2.24) is 9.97 Å². The average Bonchev–Trinajstić information content (AvgIpc) is 2.68. The van der Waals surface area contributed by atoms with E-state index in [1.54, 1.807) is 0 Å². The van der Waals surface area contributed by atoms with Crippen molar-refractivity contribution >= 4 is 23.3 Å². The van der Waals surface area contributed by atoms with Crippen LogP contribution in [0.1, 0.15) is 18.4 Å². The molecular weight excluding hydrogens is 330 g/mol. The normalized spacial score (nSPS) is 15.8. The van der Waals surface area contributed by atoms with E-state index in [2.05, 4.69) is 26.1 Å². The van der Waals surface area contributed by atoms with Crippen molar-refractivity contribution in [3.05, 3.63) is 42.2 Å². The van der Waals surface area contributed by atoms with Crippen LogP contribution < -0.4 is 16.0 Å². The first-order valence-corrected chi connectivity index (χ1v) is 8.32. The van der Waals surface area contributed by atoms with Crippen LogP contribution in [0.3, 0.4) is 0 Å². The molecule has 0 aliphatic carbocycles. The molecule has 2 heterocycles. The van der Waals surface area contributed by atoms with Gasteiger partial charge >= 0.3 is 5.97 Å². The molecule has 0 saturated carbocycles. The number of nitrogens with two attached hydrogens (primary N) is 1. The number of piperidine rings is 1. The van der Waals surface area contributed by atoms with Crippen molar-refractivity contribution in [2.75, 3.05) is 30.4 Å². The van der Waals surface area contributed by atoms with Crippen molar-refractivity contribution in [1.29, 1.82) is 0 Å². The molecule has 134 valence electrons. The minimum atomic E-state index is -0.922. The first-order chi connectivity index (χ1) is 12.5. The summed E-state index contributed by atoms with van der Waals surface area (Å²) in [6, 6.07) is 9.41. The molecule has 1 saturated heterocycles. The SMILES string of the molecule is C#Cc1cccc(Nc2cc(N3CCC(N)(C(=O)OC)CC3)ncn2)c1. The predicted molar refractivity (Wildman–Crippen MR) is 100 cm³/mol. The van der Waals surface area contributed by atoms with Gasteiger partial charge in [0, 0.05) is 30.4 Å². The molecule has 3 rings (SSSR count). The number of hydrogen-bond donors (Lipinski definition) is 2. The van der Waals surface area contributed by atoms with Gasteiger partial charge in [-0.15, -0.1) is 6.42 Å². The molecule has 3 N–H and O–H groups in total. The van der Waals surface area contributed by atoms with E-state index < -0.39 is 5.54 Å². The summed E-state index contributed by atoms with van der Waals surface area (Å²) < 4.78 is 4.81. The fraction of sp³-hybridized carbons (Fsp3) is 0.316. The van der Waals surface area contributed by atoms with Crippen LogP contribution in [0.15, 0.2) is 36.7 Å². The zero-order chi connectivity index (χ0) is 18.6. The van der Waals surface area contributed by atoms with E-state index in [9.17, 15) is 4.79 Å². The Kier molecular flexibility index (Phi) is 5.05. The van der Waals surface area contributed by atoms with Gasteiger partial charge in [-0.05, 0) is 31.0 Å². The van der Waals surface area contributed by atoms with Gasteiger partial charge < -0.3 is 20.7 Å². The van der Waals surface area contributed by atoms with Gasteiger partial charge in [-0.2, -0.15) is 0 Å². The Bertz CT molecular complexity index is 838.